The minimum absolute atomic E-state index is 0.00117. The van der Waals surface area contributed by atoms with E-state index in [0.29, 0.717) is 13.1 Å². The van der Waals surface area contributed by atoms with Crippen LogP contribution in [-0.4, -0.2) is 43.6 Å². The van der Waals surface area contributed by atoms with Crippen LogP contribution in [0.1, 0.15) is 11.1 Å². The molecule has 1 saturated heterocycles. The quantitative estimate of drug-likeness (QED) is 0.856. The van der Waals surface area contributed by atoms with Gasteiger partial charge in [0.05, 0.1) is 0 Å². The fraction of sp³-hybridized carbons (Fsp3) is 0.350. The number of amides is 1. The average molecular weight is 342 g/mol. The Hall–Kier alpha value is -2.56. The summed E-state index contributed by atoms with van der Waals surface area (Å²) in [6, 6.07) is 12.4. The molecule has 25 heavy (non-hydrogen) atoms. The van der Waals surface area contributed by atoms with Gasteiger partial charge in [0, 0.05) is 31.9 Å². The minimum Gasteiger partial charge on any atom is -0.484 e. The van der Waals surface area contributed by atoms with Crippen LogP contribution in [0.25, 0.3) is 0 Å². The average Bonchev–Trinajstić information content (AvgIpc) is 2.61. The molecule has 4 nitrogen and oxygen atoms in total. The van der Waals surface area contributed by atoms with E-state index in [0.717, 1.165) is 30.1 Å². The Kier molecular flexibility index (Phi) is 5.22. The fourth-order valence-corrected chi connectivity index (χ4v) is 3.06. The van der Waals surface area contributed by atoms with Crippen molar-refractivity contribution in [1.29, 1.82) is 0 Å². The van der Waals surface area contributed by atoms with Crippen LogP contribution in [0.4, 0.5) is 10.1 Å². The van der Waals surface area contributed by atoms with Crippen molar-refractivity contribution in [2.24, 2.45) is 0 Å². The second-order valence-corrected chi connectivity index (χ2v) is 6.40. The van der Waals surface area contributed by atoms with Gasteiger partial charge < -0.3 is 14.5 Å². The van der Waals surface area contributed by atoms with Gasteiger partial charge in [0.15, 0.2) is 6.61 Å². The van der Waals surface area contributed by atoms with Crippen LogP contribution in [0.2, 0.25) is 0 Å². The van der Waals surface area contributed by atoms with E-state index in [-0.39, 0.29) is 18.3 Å². The molecule has 2 aromatic rings. The van der Waals surface area contributed by atoms with E-state index in [9.17, 15) is 9.18 Å². The zero-order valence-electron chi connectivity index (χ0n) is 14.7. The molecule has 0 N–H and O–H groups in total. The Bertz CT molecular complexity index is 738. The molecule has 132 valence electrons. The van der Waals surface area contributed by atoms with E-state index in [1.807, 2.05) is 36.9 Å². The Labute approximate surface area is 147 Å². The van der Waals surface area contributed by atoms with Crippen LogP contribution in [0, 0.1) is 19.7 Å². The Morgan fingerprint density at radius 1 is 1.04 bits per heavy atom. The summed E-state index contributed by atoms with van der Waals surface area (Å²) in [5, 5.41) is 0. The molecule has 1 aliphatic heterocycles. The van der Waals surface area contributed by atoms with Crippen LogP contribution < -0.4 is 9.64 Å². The van der Waals surface area contributed by atoms with Gasteiger partial charge in [0.25, 0.3) is 5.91 Å². The largest absolute Gasteiger partial charge is 0.484 e. The summed E-state index contributed by atoms with van der Waals surface area (Å²) in [6.07, 6.45) is 0. The molecule has 1 amide bonds. The molecule has 5 heteroatoms. The maximum Gasteiger partial charge on any atom is 0.260 e. The van der Waals surface area contributed by atoms with Crippen molar-refractivity contribution >= 4 is 11.6 Å². The third kappa shape index (κ3) is 4.29. The van der Waals surface area contributed by atoms with Crippen molar-refractivity contribution < 1.29 is 13.9 Å². The van der Waals surface area contributed by atoms with E-state index < -0.39 is 0 Å². The van der Waals surface area contributed by atoms with Crippen molar-refractivity contribution in [2.45, 2.75) is 13.8 Å². The number of ether oxygens (including phenoxy) is 1. The first-order valence-corrected chi connectivity index (χ1v) is 8.51. The van der Waals surface area contributed by atoms with Crippen LogP contribution in [0.15, 0.2) is 42.5 Å². The number of nitrogens with zero attached hydrogens (tertiary/aromatic N) is 2. The van der Waals surface area contributed by atoms with Crippen LogP contribution in [-0.2, 0) is 4.79 Å². The molecule has 2 aromatic carbocycles. The van der Waals surface area contributed by atoms with E-state index in [2.05, 4.69) is 4.90 Å². The minimum atomic E-state index is -0.235. The van der Waals surface area contributed by atoms with E-state index in [4.69, 9.17) is 4.74 Å². The van der Waals surface area contributed by atoms with Crippen molar-refractivity contribution in [2.75, 3.05) is 37.7 Å². The Morgan fingerprint density at radius 2 is 1.72 bits per heavy atom. The first kappa shape index (κ1) is 17.3. The van der Waals surface area contributed by atoms with Gasteiger partial charge in [-0.15, -0.1) is 0 Å². The maximum absolute atomic E-state index is 13.0. The summed E-state index contributed by atoms with van der Waals surface area (Å²) in [4.78, 5) is 16.4. The summed E-state index contributed by atoms with van der Waals surface area (Å²) >= 11 is 0. The van der Waals surface area contributed by atoms with Gasteiger partial charge in [-0.05, 0) is 49.7 Å². The Balaban J connectivity index is 1.50. The van der Waals surface area contributed by atoms with Crippen LogP contribution in [0.3, 0.4) is 0 Å². The highest BCUT2D eigenvalue weighted by atomic mass is 19.1. The van der Waals surface area contributed by atoms with Gasteiger partial charge in [0.1, 0.15) is 11.6 Å². The summed E-state index contributed by atoms with van der Waals surface area (Å²) in [5.41, 5.74) is 3.20. The predicted molar refractivity (Wildman–Crippen MR) is 96.6 cm³/mol. The number of piperazine rings is 1. The SMILES string of the molecule is Cc1ccc(OCC(=O)N2CCN(c3ccc(F)cc3)CC2)c(C)c1. The van der Waals surface area contributed by atoms with Gasteiger partial charge in [-0.2, -0.15) is 0 Å². The molecule has 3 rings (SSSR count). The predicted octanol–water partition coefficient (Wildman–Crippen LogP) is 3.17. The van der Waals surface area contributed by atoms with Crippen LogP contribution in [0.5, 0.6) is 5.75 Å². The number of carbonyl (C=O) groups excluding carboxylic acids is 1. The highest BCUT2D eigenvalue weighted by Crippen LogP contribution is 2.19. The lowest BCUT2D eigenvalue weighted by Crippen LogP contribution is -2.50. The standard InChI is InChI=1S/C20H23FN2O2/c1-15-3-8-19(16(2)13-15)25-14-20(24)23-11-9-22(10-12-23)18-6-4-17(21)5-7-18/h3-8,13H,9-12,14H2,1-2H3. The normalized spacial score (nSPS) is 14.5. The highest BCUT2D eigenvalue weighted by molar-refractivity contribution is 5.78. The van der Waals surface area contributed by atoms with Crippen molar-refractivity contribution in [3.05, 3.63) is 59.4 Å². The summed E-state index contributed by atoms with van der Waals surface area (Å²) in [5.74, 6) is 0.517. The molecule has 0 saturated carbocycles. The molecule has 0 aromatic heterocycles. The number of benzene rings is 2. The monoisotopic (exact) mass is 342 g/mol. The molecule has 0 unspecified atom stereocenters. The van der Waals surface area contributed by atoms with Gasteiger partial charge >= 0.3 is 0 Å². The topological polar surface area (TPSA) is 32.8 Å². The number of hydrogen-bond donors (Lipinski definition) is 0. The van der Waals surface area contributed by atoms with Crippen LogP contribution >= 0.6 is 0 Å². The van der Waals surface area contributed by atoms with E-state index >= 15 is 0 Å². The second-order valence-electron chi connectivity index (χ2n) is 6.40. The zero-order valence-corrected chi connectivity index (χ0v) is 14.7. The molecule has 0 atom stereocenters. The molecule has 0 aliphatic carbocycles. The molecule has 0 spiro atoms. The van der Waals surface area contributed by atoms with Gasteiger partial charge in [-0.3, -0.25) is 4.79 Å². The molecule has 1 fully saturated rings. The molecular weight excluding hydrogens is 319 g/mol. The van der Waals surface area contributed by atoms with Crippen molar-refractivity contribution in [1.82, 2.24) is 4.90 Å². The highest BCUT2D eigenvalue weighted by Gasteiger charge is 2.21. The van der Waals surface area contributed by atoms with E-state index in [1.165, 1.54) is 17.7 Å². The lowest BCUT2D eigenvalue weighted by molar-refractivity contribution is -0.133. The smallest absolute Gasteiger partial charge is 0.260 e. The number of hydrogen-bond acceptors (Lipinski definition) is 3. The Morgan fingerprint density at radius 3 is 2.36 bits per heavy atom. The van der Waals surface area contributed by atoms with E-state index in [1.54, 1.807) is 12.1 Å². The maximum atomic E-state index is 13.0. The van der Waals surface area contributed by atoms with Gasteiger partial charge in [0.2, 0.25) is 0 Å². The first-order chi connectivity index (χ1) is 12.0. The van der Waals surface area contributed by atoms with Gasteiger partial charge in [-0.25, -0.2) is 4.39 Å². The lowest BCUT2D eigenvalue weighted by Gasteiger charge is -2.36. The first-order valence-electron chi connectivity index (χ1n) is 8.51. The molecular formula is C20H23FN2O2. The number of anilines is 1. The summed E-state index contributed by atoms with van der Waals surface area (Å²) in [6.45, 7) is 6.83. The van der Waals surface area contributed by atoms with Gasteiger partial charge in [-0.1, -0.05) is 17.7 Å². The number of carbonyl (C=O) groups is 1. The summed E-state index contributed by atoms with van der Waals surface area (Å²) in [7, 11) is 0. The fourth-order valence-electron chi connectivity index (χ4n) is 3.06. The lowest BCUT2D eigenvalue weighted by atomic mass is 10.1. The molecule has 0 bridgehead atoms. The third-order valence-electron chi connectivity index (χ3n) is 4.51. The summed E-state index contributed by atoms with van der Waals surface area (Å²) < 4.78 is 18.7. The zero-order chi connectivity index (χ0) is 17.8. The number of rotatable bonds is 4. The van der Waals surface area contributed by atoms with Crippen molar-refractivity contribution in [3.8, 4) is 5.75 Å². The number of aryl methyl sites for hydroxylation is 2. The second kappa shape index (κ2) is 7.55. The van der Waals surface area contributed by atoms with Crippen molar-refractivity contribution in [3.63, 3.8) is 0 Å². The molecule has 1 aliphatic rings. The molecule has 0 radical (unpaired) electrons. The number of halogens is 1. The third-order valence-corrected chi connectivity index (χ3v) is 4.51. The molecule has 1 heterocycles.